The van der Waals surface area contributed by atoms with Crippen LogP contribution in [0.1, 0.15) is 39.2 Å². The largest absolute Gasteiger partial charge is 0.486 e. The number of nitrogens with zero attached hydrogens (tertiary/aromatic N) is 2. The van der Waals surface area contributed by atoms with Gasteiger partial charge in [0.25, 0.3) is 0 Å². The minimum absolute atomic E-state index is 0.0149. The lowest BCUT2D eigenvalue weighted by molar-refractivity contribution is -0.143. The van der Waals surface area contributed by atoms with Gasteiger partial charge < -0.3 is 9.64 Å². The SMILES string of the molecule is CC(C)(C)c1ccccc1OC1CN(C(=O)C2(C#N)CC2)C1. The van der Waals surface area contributed by atoms with E-state index >= 15 is 0 Å². The second-order valence-corrected chi connectivity index (χ2v) is 7.39. The molecule has 3 rings (SSSR count). The zero-order chi connectivity index (χ0) is 16.0. The maximum Gasteiger partial charge on any atom is 0.243 e. The lowest BCUT2D eigenvalue weighted by Gasteiger charge is -2.40. The summed E-state index contributed by atoms with van der Waals surface area (Å²) in [4.78, 5) is 14.0. The minimum atomic E-state index is -0.714. The predicted octanol–water partition coefficient (Wildman–Crippen LogP) is 2.88. The Morgan fingerprint density at radius 3 is 2.50 bits per heavy atom. The van der Waals surface area contributed by atoms with Crippen LogP contribution in [0.3, 0.4) is 0 Å². The molecule has 1 aromatic rings. The molecular formula is C18H22N2O2. The molecule has 0 aromatic heterocycles. The molecule has 0 radical (unpaired) electrons. The standard InChI is InChI=1S/C18H22N2O2/c1-17(2,3)14-6-4-5-7-15(14)22-13-10-20(11-13)16(21)18(12-19)8-9-18/h4-7,13H,8-11H2,1-3H3. The number of amides is 1. The first-order chi connectivity index (χ1) is 10.4. The number of likely N-dealkylation sites (tertiary alicyclic amines) is 1. The van der Waals surface area contributed by atoms with Crippen molar-refractivity contribution in [3.05, 3.63) is 29.8 Å². The van der Waals surface area contributed by atoms with Crippen LogP contribution in [-0.2, 0) is 10.2 Å². The first-order valence-corrected chi connectivity index (χ1v) is 7.82. The smallest absolute Gasteiger partial charge is 0.243 e. The van der Waals surface area contributed by atoms with Gasteiger partial charge in [0.1, 0.15) is 17.3 Å². The number of rotatable bonds is 3. The van der Waals surface area contributed by atoms with E-state index in [0.717, 1.165) is 5.75 Å². The monoisotopic (exact) mass is 298 g/mol. The molecule has 22 heavy (non-hydrogen) atoms. The summed E-state index contributed by atoms with van der Waals surface area (Å²) in [7, 11) is 0. The van der Waals surface area contributed by atoms with E-state index in [0.29, 0.717) is 25.9 Å². The van der Waals surface area contributed by atoms with Crippen LogP contribution in [0, 0.1) is 16.7 Å². The molecule has 0 spiro atoms. The van der Waals surface area contributed by atoms with Crippen molar-refractivity contribution in [3.8, 4) is 11.8 Å². The Bertz CT molecular complexity index is 629. The molecule has 4 heteroatoms. The molecular weight excluding hydrogens is 276 g/mol. The van der Waals surface area contributed by atoms with Gasteiger partial charge >= 0.3 is 0 Å². The van der Waals surface area contributed by atoms with E-state index in [1.165, 1.54) is 5.56 Å². The summed E-state index contributed by atoms with van der Waals surface area (Å²) < 4.78 is 6.08. The van der Waals surface area contributed by atoms with Crippen molar-refractivity contribution in [1.82, 2.24) is 4.90 Å². The lowest BCUT2D eigenvalue weighted by Crippen LogP contribution is -2.58. The molecule has 0 atom stereocenters. The van der Waals surface area contributed by atoms with Crippen molar-refractivity contribution in [2.75, 3.05) is 13.1 Å². The van der Waals surface area contributed by atoms with E-state index in [2.05, 4.69) is 32.9 Å². The minimum Gasteiger partial charge on any atom is -0.486 e. The van der Waals surface area contributed by atoms with Crippen molar-refractivity contribution in [2.24, 2.45) is 5.41 Å². The number of carbonyl (C=O) groups excluding carboxylic acids is 1. The summed E-state index contributed by atoms with van der Waals surface area (Å²) in [5.74, 6) is 0.882. The Kier molecular flexibility index (Phi) is 3.40. The highest BCUT2D eigenvalue weighted by molar-refractivity contribution is 5.89. The second-order valence-electron chi connectivity index (χ2n) is 7.39. The zero-order valence-corrected chi connectivity index (χ0v) is 13.4. The van der Waals surface area contributed by atoms with Gasteiger partial charge in [0.15, 0.2) is 0 Å². The average molecular weight is 298 g/mol. The topological polar surface area (TPSA) is 53.3 Å². The molecule has 2 aliphatic rings. The first kappa shape index (κ1) is 14.9. The predicted molar refractivity (Wildman–Crippen MR) is 83.4 cm³/mol. The molecule has 1 heterocycles. The number of hydrogen-bond donors (Lipinski definition) is 0. The quantitative estimate of drug-likeness (QED) is 0.862. The summed E-state index contributed by atoms with van der Waals surface area (Å²) in [6.07, 6.45) is 1.44. The molecule has 4 nitrogen and oxygen atoms in total. The normalized spacial score (nSPS) is 20.0. The Morgan fingerprint density at radius 1 is 1.32 bits per heavy atom. The van der Waals surface area contributed by atoms with Crippen LogP contribution in [0.25, 0.3) is 0 Å². The number of para-hydroxylation sites is 1. The fraction of sp³-hybridized carbons (Fsp3) is 0.556. The highest BCUT2D eigenvalue weighted by Crippen LogP contribution is 2.47. The van der Waals surface area contributed by atoms with E-state index in [4.69, 9.17) is 10.00 Å². The molecule has 0 bridgehead atoms. The van der Waals surface area contributed by atoms with Crippen LogP contribution in [0.4, 0.5) is 0 Å². The molecule has 1 aliphatic heterocycles. The summed E-state index contributed by atoms with van der Waals surface area (Å²) >= 11 is 0. The second kappa shape index (κ2) is 5.01. The molecule has 0 unspecified atom stereocenters. The molecule has 1 aliphatic carbocycles. The third-order valence-electron chi connectivity index (χ3n) is 4.50. The average Bonchev–Trinajstić information content (AvgIpc) is 3.22. The third kappa shape index (κ3) is 2.56. The summed E-state index contributed by atoms with van der Waals surface area (Å²) in [6.45, 7) is 7.65. The first-order valence-electron chi connectivity index (χ1n) is 7.82. The highest BCUT2D eigenvalue weighted by Gasteiger charge is 2.54. The number of hydrogen-bond acceptors (Lipinski definition) is 3. The van der Waals surface area contributed by atoms with Crippen LogP contribution >= 0.6 is 0 Å². The Labute approximate surface area is 131 Å². The molecule has 1 saturated carbocycles. The van der Waals surface area contributed by atoms with Gasteiger partial charge in [-0.15, -0.1) is 0 Å². The molecule has 2 fully saturated rings. The van der Waals surface area contributed by atoms with Gasteiger partial charge in [0.2, 0.25) is 5.91 Å². The van der Waals surface area contributed by atoms with Crippen molar-refractivity contribution < 1.29 is 9.53 Å². The van der Waals surface area contributed by atoms with Gasteiger partial charge in [-0.3, -0.25) is 4.79 Å². The van der Waals surface area contributed by atoms with Gasteiger partial charge in [0.05, 0.1) is 19.2 Å². The summed E-state index contributed by atoms with van der Waals surface area (Å²) in [5, 5.41) is 9.09. The van der Waals surface area contributed by atoms with Crippen LogP contribution in [0.15, 0.2) is 24.3 Å². The van der Waals surface area contributed by atoms with Crippen LogP contribution < -0.4 is 4.74 Å². The Morgan fingerprint density at radius 2 is 1.95 bits per heavy atom. The van der Waals surface area contributed by atoms with Gasteiger partial charge in [0, 0.05) is 0 Å². The lowest BCUT2D eigenvalue weighted by atomic mass is 9.86. The molecule has 1 saturated heterocycles. The fourth-order valence-electron chi connectivity index (χ4n) is 2.85. The van der Waals surface area contributed by atoms with E-state index in [-0.39, 0.29) is 17.4 Å². The van der Waals surface area contributed by atoms with E-state index in [1.54, 1.807) is 4.90 Å². The number of benzene rings is 1. The summed E-state index contributed by atoms with van der Waals surface area (Å²) in [5.41, 5.74) is 0.485. The van der Waals surface area contributed by atoms with Crippen LogP contribution in [0.2, 0.25) is 0 Å². The zero-order valence-electron chi connectivity index (χ0n) is 13.4. The van der Waals surface area contributed by atoms with Gasteiger partial charge in [-0.25, -0.2) is 0 Å². The highest BCUT2D eigenvalue weighted by atomic mass is 16.5. The van der Waals surface area contributed by atoms with E-state index < -0.39 is 5.41 Å². The third-order valence-corrected chi connectivity index (χ3v) is 4.50. The Balaban J connectivity index is 1.62. The molecule has 116 valence electrons. The van der Waals surface area contributed by atoms with Crippen LogP contribution in [-0.4, -0.2) is 30.0 Å². The Hall–Kier alpha value is -2.02. The molecule has 1 amide bonds. The van der Waals surface area contributed by atoms with E-state index in [1.807, 2.05) is 18.2 Å². The van der Waals surface area contributed by atoms with Gasteiger partial charge in [-0.2, -0.15) is 5.26 Å². The van der Waals surface area contributed by atoms with Gasteiger partial charge in [-0.1, -0.05) is 39.0 Å². The summed E-state index contributed by atoms with van der Waals surface area (Å²) in [6, 6.07) is 10.2. The number of carbonyl (C=O) groups is 1. The number of nitriles is 1. The maximum atomic E-state index is 12.2. The van der Waals surface area contributed by atoms with Crippen molar-refractivity contribution in [1.29, 1.82) is 5.26 Å². The van der Waals surface area contributed by atoms with Gasteiger partial charge in [-0.05, 0) is 29.9 Å². The van der Waals surface area contributed by atoms with Crippen molar-refractivity contribution >= 4 is 5.91 Å². The van der Waals surface area contributed by atoms with Crippen LogP contribution in [0.5, 0.6) is 5.75 Å². The molecule has 1 aromatic carbocycles. The fourth-order valence-corrected chi connectivity index (χ4v) is 2.85. The number of ether oxygens (including phenoxy) is 1. The van der Waals surface area contributed by atoms with E-state index in [9.17, 15) is 4.79 Å². The maximum absolute atomic E-state index is 12.2. The molecule has 0 N–H and O–H groups in total. The van der Waals surface area contributed by atoms with Crippen molar-refractivity contribution in [2.45, 2.75) is 45.1 Å². The van der Waals surface area contributed by atoms with Crippen molar-refractivity contribution in [3.63, 3.8) is 0 Å².